The molecule has 0 bridgehead atoms. The maximum atomic E-state index is 11.9. The highest BCUT2D eigenvalue weighted by atomic mass is 16.5. The first-order chi connectivity index (χ1) is 10.7. The molecule has 1 saturated heterocycles. The lowest BCUT2D eigenvalue weighted by Crippen LogP contribution is -2.41. The number of urea groups is 1. The van der Waals surface area contributed by atoms with E-state index in [0.29, 0.717) is 12.6 Å². The molecule has 122 valence electrons. The Bertz CT molecular complexity index is 534. The monoisotopic (exact) mass is 306 g/mol. The number of aryl methyl sites for hydroxylation is 1. The van der Waals surface area contributed by atoms with Gasteiger partial charge in [0.1, 0.15) is 0 Å². The number of carbonyl (C=O) groups is 1. The Morgan fingerprint density at radius 3 is 2.86 bits per heavy atom. The molecule has 6 heteroatoms. The van der Waals surface area contributed by atoms with Crippen LogP contribution in [0.3, 0.4) is 0 Å². The van der Waals surface area contributed by atoms with Crippen molar-refractivity contribution < 1.29 is 9.53 Å². The molecule has 1 N–H and O–H groups in total. The van der Waals surface area contributed by atoms with Gasteiger partial charge in [-0.25, -0.2) is 4.79 Å². The average molecular weight is 306 g/mol. The number of fused-ring (bicyclic) bond motifs is 1. The van der Waals surface area contributed by atoms with E-state index in [0.717, 1.165) is 51.9 Å². The Morgan fingerprint density at radius 1 is 1.41 bits per heavy atom. The molecule has 22 heavy (non-hydrogen) atoms. The molecule has 6 nitrogen and oxygen atoms in total. The fourth-order valence-corrected chi connectivity index (χ4v) is 3.52. The second-order valence-electron chi connectivity index (χ2n) is 6.14. The summed E-state index contributed by atoms with van der Waals surface area (Å²) < 4.78 is 7.73. The Hall–Kier alpha value is -1.56. The first-order valence-corrected chi connectivity index (χ1v) is 8.38. The SMILES string of the molecule is CCCc1nn(C2CCOCC2)c2c1CN(C(=O)NC)CC2. The van der Waals surface area contributed by atoms with Gasteiger partial charge in [0.05, 0.1) is 18.3 Å². The zero-order valence-electron chi connectivity index (χ0n) is 13.6. The third kappa shape index (κ3) is 2.84. The third-order valence-corrected chi connectivity index (χ3v) is 4.69. The van der Waals surface area contributed by atoms with Crippen LogP contribution in [0.2, 0.25) is 0 Å². The first kappa shape index (κ1) is 15.3. The fraction of sp³-hybridized carbons (Fsp3) is 0.750. The van der Waals surface area contributed by atoms with Gasteiger partial charge in [0.15, 0.2) is 0 Å². The van der Waals surface area contributed by atoms with E-state index in [-0.39, 0.29) is 6.03 Å². The maximum absolute atomic E-state index is 11.9. The molecule has 2 aliphatic rings. The lowest BCUT2D eigenvalue weighted by Gasteiger charge is -2.29. The van der Waals surface area contributed by atoms with Gasteiger partial charge in [-0.2, -0.15) is 5.10 Å². The Kier molecular flexibility index (Phi) is 4.66. The lowest BCUT2D eigenvalue weighted by molar-refractivity contribution is 0.0650. The van der Waals surface area contributed by atoms with Crippen LogP contribution in [0.5, 0.6) is 0 Å². The van der Waals surface area contributed by atoms with Crippen LogP contribution in [0.1, 0.15) is 49.2 Å². The third-order valence-electron chi connectivity index (χ3n) is 4.69. The van der Waals surface area contributed by atoms with Crippen LogP contribution in [0.15, 0.2) is 0 Å². The van der Waals surface area contributed by atoms with E-state index < -0.39 is 0 Å². The second-order valence-corrected chi connectivity index (χ2v) is 6.14. The molecule has 0 aromatic carbocycles. The number of nitrogens with one attached hydrogen (secondary N) is 1. The summed E-state index contributed by atoms with van der Waals surface area (Å²) in [6.07, 6.45) is 5.05. The molecule has 3 heterocycles. The molecule has 1 aromatic rings. The maximum Gasteiger partial charge on any atom is 0.317 e. The molecule has 0 radical (unpaired) electrons. The molecule has 1 fully saturated rings. The molecule has 0 atom stereocenters. The smallest absolute Gasteiger partial charge is 0.317 e. The molecule has 2 aliphatic heterocycles. The van der Waals surface area contributed by atoms with Gasteiger partial charge in [-0.05, 0) is 19.3 Å². The minimum atomic E-state index is 0.00640. The molecule has 3 rings (SSSR count). The summed E-state index contributed by atoms with van der Waals surface area (Å²) in [6.45, 7) is 5.29. The summed E-state index contributed by atoms with van der Waals surface area (Å²) in [5.74, 6) is 0. The summed E-state index contributed by atoms with van der Waals surface area (Å²) in [7, 11) is 1.69. The van der Waals surface area contributed by atoms with E-state index in [9.17, 15) is 4.79 Å². The van der Waals surface area contributed by atoms with Crippen molar-refractivity contribution in [1.82, 2.24) is 20.0 Å². The zero-order valence-corrected chi connectivity index (χ0v) is 13.6. The van der Waals surface area contributed by atoms with E-state index in [1.807, 2.05) is 4.90 Å². The van der Waals surface area contributed by atoms with Crippen LogP contribution >= 0.6 is 0 Å². The Balaban J connectivity index is 1.89. The number of rotatable bonds is 3. The molecule has 0 unspecified atom stereocenters. The van der Waals surface area contributed by atoms with E-state index >= 15 is 0 Å². The van der Waals surface area contributed by atoms with Crippen molar-refractivity contribution >= 4 is 6.03 Å². The van der Waals surface area contributed by atoms with E-state index in [1.165, 1.54) is 17.0 Å². The van der Waals surface area contributed by atoms with Crippen LogP contribution in [-0.2, 0) is 24.1 Å². The molecular weight excluding hydrogens is 280 g/mol. The normalized spacial score (nSPS) is 19.1. The number of hydrogen-bond acceptors (Lipinski definition) is 3. The number of ether oxygens (including phenoxy) is 1. The van der Waals surface area contributed by atoms with Crippen molar-refractivity contribution in [1.29, 1.82) is 0 Å². The van der Waals surface area contributed by atoms with Crippen LogP contribution in [0, 0.1) is 0 Å². The molecule has 1 aromatic heterocycles. The van der Waals surface area contributed by atoms with Crippen LogP contribution in [0.25, 0.3) is 0 Å². The highest BCUT2D eigenvalue weighted by Crippen LogP contribution is 2.29. The highest BCUT2D eigenvalue weighted by Gasteiger charge is 2.29. The van der Waals surface area contributed by atoms with Gasteiger partial charge in [-0.3, -0.25) is 4.68 Å². The summed E-state index contributed by atoms with van der Waals surface area (Å²) >= 11 is 0. The summed E-state index contributed by atoms with van der Waals surface area (Å²) in [4.78, 5) is 13.8. The Labute approximate surface area is 131 Å². The molecule has 0 spiro atoms. The van der Waals surface area contributed by atoms with Gasteiger partial charge in [0.25, 0.3) is 0 Å². The topological polar surface area (TPSA) is 59.4 Å². The fourth-order valence-electron chi connectivity index (χ4n) is 3.52. The quantitative estimate of drug-likeness (QED) is 0.927. The van der Waals surface area contributed by atoms with Crippen molar-refractivity contribution in [2.45, 2.75) is 51.6 Å². The largest absolute Gasteiger partial charge is 0.381 e. The van der Waals surface area contributed by atoms with Crippen molar-refractivity contribution in [2.24, 2.45) is 0 Å². The van der Waals surface area contributed by atoms with E-state index in [2.05, 4.69) is 16.9 Å². The Morgan fingerprint density at radius 2 is 2.18 bits per heavy atom. The molecule has 2 amide bonds. The first-order valence-electron chi connectivity index (χ1n) is 8.38. The van der Waals surface area contributed by atoms with Gasteiger partial charge in [-0.1, -0.05) is 13.3 Å². The number of aromatic nitrogens is 2. The second kappa shape index (κ2) is 6.69. The molecule has 0 aliphatic carbocycles. The van der Waals surface area contributed by atoms with Crippen molar-refractivity contribution in [3.05, 3.63) is 17.0 Å². The highest BCUT2D eigenvalue weighted by molar-refractivity contribution is 5.74. The van der Waals surface area contributed by atoms with Gasteiger partial charge in [0, 0.05) is 44.5 Å². The predicted molar refractivity (Wildman–Crippen MR) is 83.9 cm³/mol. The lowest BCUT2D eigenvalue weighted by atomic mass is 10.0. The number of amides is 2. The number of hydrogen-bond donors (Lipinski definition) is 1. The average Bonchev–Trinajstić information content (AvgIpc) is 2.93. The van der Waals surface area contributed by atoms with Crippen molar-refractivity contribution in [3.8, 4) is 0 Å². The standard InChI is InChI=1S/C16H26N4O2/c1-3-4-14-13-11-19(16(21)17-2)8-5-15(13)20(18-14)12-6-9-22-10-7-12/h12H,3-11H2,1-2H3,(H,17,21). The van der Waals surface area contributed by atoms with Crippen LogP contribution in [0.4, 0.5) is 4.79 Å². The molecule has 0 saturated carbocycles. The number of carbonyl (C=O) groups excluding carboxylic acids is 1. The van der Waals surface area contributed by atoms with Gasteiger partial charge in [-0.15, -0.1) is 0 Å². The summed E-state index contributed by atoms with van der Waals surface area (Å²) in [5, 5.41) is 7.66. The summed E-state index contributed by atoms with van der Waals surface area (Å²) in [6, 6.07) is 0.464. The number of nitrogens with zero attached hydrogens (tertiary/aromatic N) is 3. The minimum absolute atomic E-state index is 0.00640. The predicted octanol–water partition coefficient (Wildman–Crippen LogP) is 1.88. The van der Waals surface area contributed by atoms with E-state index in [1.54, 1.807) is 7.05 Å². The van der Waals surface area contributed by atoms with Crippen LogP contribution < -0.4 is 5.32 Å². The van der Waals surface area contributed by atoms with Gasteiger partial charge >= 0.3 is 6.03 Å². The van der Waals surface area contributed by atoms with Crippen molar-refractivity contribution in [3.63, 3.8) is 0 Å². The molecular formula is C16H26N4O2. The van der Waals surface area contributed by atoms with Crippen molar-refractivity contribution in [2.75, 3.05) is 26.8 Å². The summed E-state index contributed by atoms with van der Waals surface area (Å²) in [5.41, 5.74) is 3.80. The van der Waals surface area contributed by atoms with Crippen LogP contribution in [-0.4, -0.2) is 47.5 Å². The van der Waals surface area contributed by atoms with Gasteiger partial charge < -0.3 is 15.0 Å². The zero-order chi connectivity index (χ0) is 15.5. The minimum Gasteiger partial charge on any atom is -0.381 e. The van der Waals surface area contributed by atoms with E-state index in [4.69, 9.17) is 9.84 Å². The van der Waals surface area contributed by atoms with Gasteiger partial charge in [0.2, 0.25) is 0 Å².